The van der Waals surface area contributed by atoms with E-state index >= 15 is 0 Å². The number of rotatable bonds is 4. The SMILES string of the molecule is CCCNC(=O)C(=O)N/N=C/c1ccc(C)cc1. The van der Waals surface area contributed by atoms with Crippen LogP contribution in [0.5, 0.6) is 0 Å². The highest BCUT2D eigenvalue weighted by Gasteiger charge is 2.10. The number of nitrogens with one attached hydrogen (secondary N) is 2. The van der Waals surface area contributed by atoms with Gasteiger partial charge in [-0.15, -0.1) is 0 Å². The smallest absolute Gasteiger partial charge is 0.329 e. The summed E-state index contributed by atoms with van der Waals surface area (Å²) in [6, 6.07) is 7.64. The Balaban J connectivity index is 2.42. The maximum absolute atomic E-state index is 11.3. The second kappa shape index (κ2) is 7.21. The molecule has 1 aromatic carbocycles. The number of amides is 2. The Morgan fingerprint density at radius 1 is 1.22 bits per heavy atom. The molecule has 18 heavy (non-hydrogen) atoms. The monoisotopic (exact) mass is 247 g/mol. The summed E-state index contributed by atoms with van der Waals surface area (Å²) in [6.45, 7) is 4.38. The highest BCUT2D eigenvalue weighted by atomic mass is 16.2. The van der Waals surface area contributed by atoms with Gasteiger partial charge in [0.2, 0.25) is 0 Å². The summed E-state index contributed by atoms with van der Waals surface area (Å²) in [4.78, 5) is 22.4. The fourth-order valence-corrected chi connectivity index (χ4v) is 1.19. The molecule has 0 radical (unpaired) electrons. The molecular weight excluding hydrogens is 230 g/mol. The van der Waals surface area contributed by atoms with Crippen LogP contribution in [0, 0.1) is 6.92 Å². The second-order valence-corrected chi connectivity index (χ2v) is 3.87. The van der Waals surface area contributed by atoms with E-state index in [0.717, 1.165) is 17.5 Å². The molecule has 1 rings (SSSR count). The molecule has 0 spiro atoms. The van der Waals surface area contributed by atoms with Gasteiger partial charge in [-0.1, -0.05) is 36.8 Å². The zero-order valence-corrected chi connectivity index (χ0v) is 10.6. The number of hydrogen-bond donors (Lipinski definition) is 2. The van der Waals surface area contributed by atoms with Crippen LogP contribution >= 0.6 is 0 Å². The first-order chi connectivity index (χ1) is 8.63. The van der Waals surface area contributed by atoms with E-state index in [0.29, 0.717) is 6.54 Å². The van der Waals surface area contributed by atoms with Crippen molar-refractivity contribution in [1.29, 1.82) is 0 Å². The third-order valence-corrected chi connectivity index (χ3v) is 2.20. The van der Waals surface area contributed by atoms with E-state index < -0.39 is 11.8 Å². The first-order valence-corrected chi connectivity index (χ1v) is 5.81. The molecule has 0 saturated carbocycles. The lowest BCUT2D eigenvalue weighted by molar-refractivity contribution is -0.139. The van der Waals surface area contributed by atoms with Gasteiger partial charge in [0.25, 0.3) is 0 Å². The molecule has 0 aromatic heterocycles. The predicted molar refractivity (Wildman–Crippen MR) is 70.2 cm³/mol. The lowest BCUT2D eigenvalue weighted by Crippen LogP contribution is -2.38. The van der Waals surface area contributed by atoms with Crippen molar-refractivity contribution >= 4 is 18.0 Å². The summed E-state index contributed by atoms with van der Waals surface area (Å²) in [5, 5.41) is 6.18. The minimum Gasteiger partial charge on any atom is -0.348 e. The molecule has 2 N–H and O–H groups in total. The normalized spacial score (nSPS) is 10.3. The van der Waals surface area contributed by atoms with E-state index in [1.54, 1.807) is 0 Å². The Kier molecular flexibility index (Phi) is 5.57. The average molecular weight is 247 g/mol. The molecule has 5 nitrogen and oxygen atoms in total. The van der Waals surface area contributed by atoms with Crippen molar-refractivity contribution in [1.82, 2.24) is 10.7 Å². The lowest BCUT2D eigenvalue weighted by Gasteiger charge is -2.01. The van der Waals surface area contributed by atoms with E-state index in [4.69, 9.17) is 0 Å². The number of carbonyl (C=O) groups is 2. The van der Waals surface area contributed by atoms with Crippen LogP contribution in [0.3, 0.4) is 0 Å². The van der Waals surface area contributed by atoms with E-state index in [1.807, 2.05) is 38.1 Å². The van der Waals surface area contributed by atoms with Crippen LogP contribution < -0.4 is 10.7 Å². The van der Waals surface area contributed by atoms with Crippen molar-refractivity contribution in [3.63, 3.8) is 0 Å². The molecule has 0 unspecified atom stereocenters. The van der Waals surface area contributed by atoms with Crippen molar-refractivity contribution in [2.24, 2.45) is 5.10 Å². The van der Waals surface area contributed by atoms with Crippen molar-refractivity contribution in [2.45, 2.75) is 20.3 Å². The molecule has 2 amide bonds. The first kappa shape index (κ1) is 13.9. The topological polar surface area (TPSA) is 70.6 Å². The first-order valence-electron chi connectivity index (χ1n) is 5.81. The molecule has 0 heterocycles. The van der Waals surface area contributed by atoms with Gasteiger partial charge < -0.3 is 5.32 Å². The predicted octanol–water partition coefficient (Wildman–Crippen LogP) is 0.971. The maximum Gasteiger partial charge on any atom is 0.329 e. The lowest BCUT2D eigenvalue weighted by atomic mass is 10.2. The van der Waals surface area contributed by atoms with Crippen LogP contribution in [0.25, 0.3) is 0 Å². The summed E-state index contributed by atoms with van der Waals surface area (Å²) < 4.78 is 0. The summed E-state index contributed by atoms with van der Waals surface area (Å²) in [6.07, 6.45) is 2.27. The molecule has 0 aliphatic carbocycles. The number of carbonyl (C=O) groups excluding carboxylic acids is 2. The third kappa shape index (κ3) is 4.78. The molecule has 0 aliphatic heterocycles. The fraction of sp³-hybridized carbons (Fsp3) is 0.308. The Hall–Kier alpha value is -2.17. The number of aryl methyl sites for hydroxylation is 1. The molecular formula is C13H17N3O2. The molecule has 5 heteroatoms. The van der Waals surface area contributed by atoms with Gasteiger partial charge in [0, 0.05) is 6.54 Å². The zero-order valence-electron chi connectivity index (χ0n) is 10.6. The Morgan fingerprint density at radius 2 is 1.89 bits per heavy atom. The van der Waals surface area contributed by atoms with Crippen LogP contribution in [-0.2, 0) is 9.59 Å². The Labute approximate surface area is 106 Å². The van der Waals surface area contributed by atoms with Crippen LogP contribution in [-0.4, -0.2) is 24.6 Å². The quantitative estimate of drug-likeness (QED) is 0.473. The van der Waals surface area contributed by atoms with E-state index in [2.05, 4.69) is 15.8 Å². The van der Waals surface area contributed by atoms with Gasteiger partial charge in [-0.2, -0.15) is 5.10 Å². The van der Waals surface area contributed by atoms with Crippen molar-refractivity contribution in [3.8, 4) is 0 Å². The zero-order chi connectivity index (χ0) is 13.4. The van der Waals surface area contributed by atoms with Crippen LogP contribution in [0.1, 0.15) is 24.5 Å². The summed E-state index contributed by atoms with van der Waals surface area (Å²) >= 11 is 0. The van der Waals surface area contributed by atoms with Gasteiger partial charge in [0.15, 0.2) is 0 Å². The van der Waals surface area contributed by atoms with Crippen molar-refractivity contribution in [3.05, 3.63) is 35.4 Å². The molecule has 0 saturated heterocycles. The summed E-state index contributed by atoms with van der Waals surface area (Å²) in [5.41, 5.74) is 4.18. The van der Waals surface area contributed by atoms with Gasteiger partial charge in [-0.25, -0.2) is 5.43 Å². The molecule has 96 valence electrons. The van der Waals surface area contributed by atoms with Gasteiger partial charge in [0.1, 0.15) is 0 Å². The average Bonchev–Trinajstić information content (AvgIpc) is 2.38. The fourth-order valence-electron chi connectivity index (χ4n) is 1.19. The molecule has 0 aliphatic rings. The van der Waals surface area contributed by atoms with E-state index in [1.165, 1.54) is 6.21 Å². The van der Waals surface area contributed by atoms with Gasteiger partial charge in [-0.05, 0) is 18.9 Å². The van der Waals surface area contributed by atoms with Crippen molar-refractivity contribution in [2.75, 3.05) is 6.54 Å². The Bertz CT molecular complexity index is 438. The molecule has 0 atom stereocenters. The summed E-state index contributed by atoms with van der Waals surface area (Å²) in [5.74, 6) is -1.43. The number of benzene rings is 1. The molecule has 0 fully saturated rings. The minimum absolute atomic E-state index is 0.480. The molecule has 0 bridgehead atoms. The van der Waals surface area contributed by atoms with Gasteiger partial charge in [0.05, 0.1) is 6.21 Å². The van der Waals surface area contributed by atoms with E-state index in [-0.39, 0.29) is 0 Å². The maximum atomic E-state index is 11.3. The van der Waals surface area contributed by atoms with Crippen LogP contribution in [0.2, 0.25) is 0 Å². The van der Waals surface area contributed by atoms with Crippen LogP contribution in [0.4, 0.5) is 0 Å². The van der Waals surface area contributed by atoms with Gasteiger partial charge in [-0.3, -0.25) is 9.59 Å². The highest BCUT2D eigenvalue weighted by Crippen LogP contribution is 1.99. The third-order valence-electron chi connectivity index (χ3n) is 2.20. The number of nitrogens with zero attached hydrogens (tertiary/aromatic N) is 1. The summed E-state index contributed by atoms with van der Waals surface area (Å²) in [7, 11) is 0. The second-order valence-electron chi connectivity index (χ2n) is 3.87. The van der Waals surface area contributed by atoms with Crippen molar-refractivity contribution < 1.29 is 9.59 Å². The Morgan fingerprint density at radius 3 is 2.50 bits per heavy atom. The largest absolute Gasteiger partial charge is 0.348 e. The standard InChI is InChI=1S/C13H17N3O2/c1-3-8-14-12(17)13(18)16-15-9-11-6-4-10(2)5-7-11/h4-7,9H,3,8H2,1-2H3,(H,14,17)(H,16,18)/b15-9+. The van der Waals surface area contributed by atoms with E-state index in [9.17, 15) is 9.59 Å². The van der Waals surface area contributed by atoms with Crippen LogP contribution in [0.15, 0.2) is 29.4 Å². The number of hydrogen-bond acceptors (Lipinski definition) is 3. The number of hydrazone groups is 1. The molecule has 1 aromatic rings. The minimum atomic E-state index is -0.758. The highest BCUT2D eigenvalue weighted by molar-refractivity contribution is 6.35. The van der Waals surface area contributed by atoms with Gasteiger partial charge >= 0.3 is 11.8 Å².